The van der Waals surface area contributed by atoms with Crippen molar-refractivity contribution in [2.45, 2.75) is 19.4 Å². The van der Waals surface area contributed by atoms with Crippen molar-refractivity contribution in [3.63, 3.8) is 0 Å². The molecule has 1 heterocycles. The molecule has 1 atom stereocenters. The van der Waals surface area contributed by atoms with Crippen LogP contribution in [0.3, 0.4) is 0 Å². The second-order valence-corrected chi connectivity index (χ2v) is 5.46. The molecule has 4 nitrogen and oxygen atoms in total. The Bertz CT molecular complexity index is 613. The number of rotatable bonds is 4. The minimum Gasteiger partial charge on any atom is -0.478 e. The molecule has 0 fully saturated rings. The largest absolute Gasteiger partial charge is 0.478 e. The highest BCUT2D eigenvalue weighted by molar-refractivity contribution is 9.09. The van der Waals surface area contributed by atoms with Crippen LogP contribution in [0.25, 0.3) is 5.57 Å². The van der Waals surface area contributed by atoms with E-state index in [4.69, 9.17) is 11.6 Å². The highest BCUT2D eigenvalue weighted by Gasteiger charge is 2.29. The van der Waals surface area contributed by atoms with Crippen LogP contribution in [0.4, 0.5) is 0 Å². The van der Waals surface area contributed by atoms with E-state index in [1.54, 1.807) is 19.1 Å². The topological polar surface area (TPSA) is 68.5 Å². The Morgan fingerprint density at radius 1 is 1.60 bits per heavy atom. The van der Waals surface area contributed by atoms with Crippen molar-refractivity contribution >= 4 is 45.4 Å². The number of carboxylic acid groups (broad SMARTS) is 1. The predicted molar refractivity (Wildman–Crippen MR) is 80.1 cm³/mol. The number of nitrogens with zero attached hydrogens (tertiary/aromatic N) is 1. The van der Waals surface area contributed by atoms with Crippen LogP contribution < -0.4 is 5.32 Å². The van der Waals surface area contributed by atoms with Crippen molar-refractivity contribution in [1.29, 1.82) is 0 Å². The fourth-order valence-electron chi connectivity index (χ4n) is 2.28. The van der Waals surface area contributed by atoms with Crippen LogP contribution in [-0.2, 0) is 16.1 Å². The summed E-state index contributed by atoms with van der Waals surface area (Å²) in [7, 11) is 0. The lowest BCUT2D eigenvalue weighted by atomic mass is 9.86. The van der Waals surface area contributed by atoms with Crippen molar-refractivity contribution in [2.75, 3.05) is 5.33 Å². The van der Waals surface area contributed by atoms with Crippen molar-refractivity contribution in [3.8, 4) is 0 Å². The van der Waals surface area contributed by atoms with E-state index in [1.807, 2.05) is 0 Å². The summed E-state index contributed by atoms with van der Waals surface area (Å²) >= 11 is 9.40. The quantitative estimate of drug-likeness (QED) is 0.665. The van der Waals surface area contributed by atoms with Gasteiger partial charge >= 0.3 is 5.97 Å². The van der Waals surface area contributed by atoms with E-state index in [2.05, 4.69) is 21.2 Å². The molecule has 105 valence electrons. The van der Waals surface area contributed by atoms with E-state index in [-0.39, 0.29) is 5.57 Å². The second-order valence-electron chi connectivity index (χ2n) is 4.49. The van der Waals surface area contributed by atoms with Crippen LogP contribution >= 0.6 is 27.5 Å². The number of hydrogen-bond acceptors (Lipinski definition) is 2. The average Bonchev–Trinajstić information content (AvgIpc) is 2.45. The van der Waals surface area contributed by atoms with E-state index < -0.39 is 11.9 Å². The molecule has 6 heteroatoms. The molecule has 0 bridgehead atoms. The molecular weight excluding hydrogens is 346 g/mol. The Hall–Kier alpha value is -1.33. The summed E-state index contributed by atoms with van der Waals surface area (Å²) in [6.45, 7) is 2.06. The van der Waals surface area contributed by atoms with Gasteiger partial charge in [0.05, 0.1) is 17.8 Å². The number of carboxylic acids is 1. The molecule has 1 N–H and O–H groups in total. The molecule has 0 aliphatic carbocycles. The SMILES string of the molecule is CC(C=O)c1ccc(Cl)c2c1C(C(=O)O)=C(CBr)[N]C2. The van der Waals surface area contributed by atoms with Crippen LogP contribution in [0.2, 0.25) is 5.02 Å². The summed E-state index contributed by atoms with van der Waals surface area (Å²) in [6, 6.07) is 3.39. The summed E-state index contributed by atoms with van der Waals surface area (Å²) in [4.78, 5) is 22.7. The van der Waals surface area contributed by atoms with Crippen LogP contribution in [-0.4, -0.2) is 22.7 Å². The molecule has 1 aliphatic heterocycles. The zero-order chi connectivity index (χ0) is 14.9. The van der Waals surface area contributed by atoms with Crippen molar-refractivity contribution in [1.82, 2.24) is 5.32 Å². The average molecular weight is 358 g/mol. The first kappa shape index (κ1) is 15.1. The molecule has 0 spiro atoms. The lowest BCUT2D eigenvalue weighted by molar-refractivity contribution is -0.130. The number of carbonyl (C=O) groups is 2. The van der Waals surface area contributed by atoms with Gasteiger partial charge in [0.1, 0.15) is 6.29 Å². The smallest absolute Gasteiger partial charge is 0.338 e. The molecule has 0 aromatic heterocycles. The van der Waals surface area contributed by atoms with Gasteiger partial charge in [-0.25, -0.2) is 4.79 Å². The van der Waals surface area contributed by atoms with Gasteiger partial charge in [0.2, 0.25) is 0 Å². The fraction of sp³-hybridized carbons (Fsp3) is 0.286. The Kier molecular flexibility index (Phi) is 4.50. The van der Waals surface area contributed by atoms with Gasteiger partial charge in [0.15, 0.2) is 0 Å². The van der Waals surface area contributed by atoms with E-state index in [1.165, 1.54) is 0 Å². The number of alkyl halides is 1. The van der Waals surface area contributed by atoms with Gasteiger partial charge in [-0.3, -0.25) is 5.32 Å². The normalized spacial score (nSPS) is 15.3. The molecule has 1 aromatic rings. The number of benzene rings is 1. The zero-order valence-electron chi connectivity index (χ0n) is 10.7. The molecule has 1 unspecified atom stereocenters. The fourth-order valence-corrected chi connectivity index (χ4v) is 2.96. The molecule has 1 aromatic carbocycles. The molecule has 0 saturated carbocycles. The highest BCUT2D eigenvalue weighted by Crippen LogP contribution is 2.37. The number of allylic oxidation sites excluding steroid dienone is 1. The molecule has 1 radical (unpaired) electrons. The van der Waals surface area contributed by atoms with Crippen molar-refractivity contribution in [3.05, 3.63) is 39.5 Å². The lowest BCUT2D eigenvalue weighted by Gasteiger charge is -2.24. The molecular formula is C14H12BrClNO3. The Morgan fingerprint density at radius 3 is 2.85 bits per heavy atom. The summed E-state index contributed by atoms with van der Waals surface area (Å²) in [5.74, 6) is -1.46. The monoisotopic (exact) mass is 356 g/mol. The lowest BCUT2D eigenvalue weighted by Crippen LogP contribution is -2.22. The number of aldehydes is 1. The highest BCUT2D eigenvalue weighted by atomic mass is 79.9. The first-order valence-corrected chi connectivity index (χ1v) is 7.48. The van der Waals surface area contributed by atoms with Gasteiger partial charge < -0.3 is 9.90 Å². The number of carbonyl (C=O) groups excluding carboxylic acids is 1. The van der Waals surface area contributed by atoms with E-state index in [9.17, 15) is 14.7 Å². The maximum atomic E-state index is 11.6. The van der Waals surface area contributed by atoms with Crippen LogP contribution in [0, 0.1) is 0 Å². The van der Waals surface area contributed by atoms with Crippen LogP contribution in [0.15, 0.2) is 17.8 Å². The third-order valence-corrected chi connectivity index (χ3v) is 4.17. The van der Waals surface area contributed by atoms with Gasteiger partial charge in [-0.1, -0.05) is 40.5 Å². The molecule has 1 aliphatic rings. The van der Waals surface area contributed by atoms with Gasteiger partial charge in [-0.15, -0.1) is 0 Å². The Balaban J connectivity index is 2.79. The molecule has 2 rings (SSSR count). The van der Waals surface area contributed by atoms with Crippen LogP contribution in [0.1, 0.15) is 29.5 Å². The van der Waals surface area contributed by atoms with Gasteiger partial charge in [0.25, 0.3) is 0 Å². The number of halogens is 2. The minimum absolute atomic E-state index is 0.120. The molecule has 0 amide bonds. The van der Waals surface area contributed by atoms with E-state index in [0.717, 1.165) is 6.29 Å². The number of aliphatic carboxylic acids is 1. The van der Waals surface area contributed by atoms with E-state index in [0.29, 0.717) is 39.3 Å². The third-order valence-electron chi connectivity index (χ3n) is 3.29. The zero-order valence-corrected chi connectivity index (χ0v) is 13.0. The van der Waals surface area contributed by atoms with Gasteiger partial charge in [-0.05, 0) is 11.6 Å². The minimum atomic E-state index is -1.06. The summed E-state index contributed by atoms with van der Waals surface area (Å²) in [5.41, 5.74) is 2.46. The van der Waals surface area contributed by atoms with Crippen molar-refractivity contribution < 1.29 is 14.7 Å². The summed E-state index contributed by atoms with van der Waals surface area (Å²) in [6.07, 6.45) is 0.794. The van der Waals surface area contributed by atoms with Crippen LogP contribution in [0.5, 0.6) is 0 Å². The second kappa shape index (κ2) is 5.97. The first-order valence-electron chi connectivity index (χ1n) is 5.98. The first-order chi connectivity index (χ1) is 9.51. The molecule has 20 heavy (non-hydrogen) atoms. The van der Waals surface area contributed by atoms with E-state index >= 15 is 0 Å². The number of hydrogen-bond donors (Lipinski definition) is 1. The van der Waals surface area contributed by atoms with Gasteiger partial charge in [-0.2, -0.15) is 0 Å². The maximum absolute atomic E-state index is 11.6. The summed E-state index contributed by atoms with van der Waals surface area (Å²) < 4.78 is 0. The standard InChI is InChI=1S/C14H12BrClNO3/c1-7(6-18)8-2-3-10(16)9-5-17-11(4-15)13(12(8)9)14(19)20/h2-3,6-7H,4-5H2,1H3,(H,19,20). The Labute approximate surface area is 129 Å². The maximum Gasteiger partial charge on any atom is 0.338 e. The number of fused-ring (bicyclic) bond motifs is 1. The van der Waals surface area contributed by atoms with Gasteiger partial charge in [0, 0.05) is 27.4 Å². The summed E-state index contributed by atoms with van der Waals surface area (Å²) in [5, 5.41) is 14.6. The third kappa shape index (κ3) is 2.47. The van der Waals surface area contributed by atoms with Crippen molar-refractivity contribution in [2.24, 2.45) is 0 Å². The molecule has 0 saturated heterocycles. The Morgan fingerprint density at radius 2 is 2.30 bits per heavy atom. The predicted octanol–water partition coefficient (Wildman–Crippen LogP) is 2.95.